The van der Waals surface area contributed by atoms with Crippen molar-refractivity contribution in [2.24, 2.45) is 17.8 Å². The molecule has 316 valence electrons. The number of hydrogen-bond acceptors (Lipinski definition) is 12. The van der Waals surface area contributed by atoms with E-state index in [1.165, 1.54) is 44.2 Å². The fourth-order valence-corrected chi connectivity index (χ4v) is 7.32. The van der Waals surface area contributed by atoms with E-state index in [9.17, 15) is 59.1 Å². The third-order valence-electron chi connectivity index (χ3n) is 9.86. The average molecular weight is 833 g/mol. The molecule has 0 fully saturated rings. The second-order valence-electron chi connectivity index (χ2n) is 14.7. The molecular weight excluding hydrogens is 781 g/mol. The van der Waals surface area contributed by atoms with E-state index in [0.29, 0.717) is 17.3 Å². The third-order valence-corrected chi connectivity index (χ3v) is 11.0. The lowest BCUT2D eigenvalue weighted by molar-refractivity contribution is -0.140. The molecule has 0 radical (unpaired) electrons. The van der Waals surface area contributed by atoms with E-state index in [2.05, 4.69) is 10.6 Å². The Hall–Kier alpha value is -5.48. The van der Waals surface area contributed by atoms with Gasteiger partial charge in [-0.15, -0.1) is 11.8 Å². The number of aliphatic carboxylic acids is 1. The monoisotopic (exact) mass is 832 g/mol. The third kappa shape index (κ3) is 12.8. The largest absolute Gasteiger partial charge is 0.507 e. The lowest BCUT2D eigenvalue weighted by atomic mass is 9.83. The summed E-state index contributed by atoms with van der Waals surface area (Å²) in [6.07, 6.45) is 11.6. The number of carboxylic acids is 1. The SMILES string of the molecule is CC(=O)NC(CSC1=C2NC(=O)\C=C/C=C/C=C\C(C)C(O)CC(=O)/C(C)=C\CC(O)/C=C/C(C)C(O)C(C)/C=C(\C)C(=O)c3c(O)c(C)cc(c3C1=O)C2=O)C(=O)O. The van der Waals surface area contributed by atoms with Crippen molar-refractivity contribution in [1.82, 2.24) is 10.6 Å². The standard InChI is InChI=1S/C44H52N2O12S/c1-22-12-10-8-9-11-13-34(51)46-37-41(55)30-19-27(6)40(54)36(35(30)42(56)43(37)59-21-31(44(57)58)45-28(7)47)39(53)26(5)18-25(4)38(52)24(3)15-17-29(48)16-14-23(2)33(50)20-32(22)49/h8-15,17-19,22,24-25,29,31-32,38,48-49,52,54H,16,20-21H2,1-7H3,(H,45,47)(H,46,51)(H,57,58)/b9-8+,12-10-,13-11-,17-15+,23-14-,26-18+. The summed E-state index contributed by atoms with van der Waals surface area (Å²) in [5.41, 5.74) is -1.35. The molecule has 14 nitrogen and oxygen atoms in total. The van der Waals surface area contributed by atoms with Gasteiger partial charge in [-0.25, -0.2) is 4.79 Å². The molecule has 4 rings (SSSR count). The maximum atomic E-state index is 14.4. The maximum absolute atomic E-state index is 14.4. The molecule has 7 unspecified atom stereocenters. The van der Waals surface area contributed by atoms with Gasteiger partial charge in [0.2, 0.25) is 23.4 Å². The number of carboxylic acid groups (broad SMARTS) is 1. The van der Waals surface area contributed by atoms with Crippen molar-refractivity contribution < 1.29 is 59.1 Å². The molecule has 2 aliphatic heterocycles. The Balaban J connectivity index is 2.19. The number of carbonyl (C=O) groups is 7. The first kappa shape index (κ1) is 47.9. The predicted molar refractivity (Wildman–Crippen MR) is 223 cm³/mol. The number of hydrogen-bond donors (Lipinski definition) is 7. The van der Waals surface area contributed by atoms with Crippen LogP contribution < -0.4 is 10.6 Å². The van der Waals surface area contributed by atoms with Crippen LogP contribution in [0.2, 0.25) is 0 Å². The number of phenols is 1. The molecule has 1 aromatic rings. The van der Waals surface area contributed by atoms with Crippen molar-refractivity contribution in [2.75, 3.05) is 5.75 Å². The van der Waals surface area contributed by atoms with Crippen LogP contribution in [0.15, 0.2) is 88.6 Å². The quantitative estimate of drug-likeness (QED) is 0.204. The zero-order valence-corrected chi connectivity index (χ0v) is 34.8. The first-order valence-corrected chi connectivity index (χ1v) is 20.0. The van der Waals surface area contributed by atoms with E-state index in [1.54, 1.807) is 58.1 Å². The van der Waals surface area contributed by atoms with Crippen LogP contribution in [0.25, 0.3) is 0 Å². The van der Waals surface area contributed by atoms with E-state index in [0.717, 1.165) is 13.0 Å². The number of carbonyl (C=O) groups excluding carboxylic acids is 6. The van der Waals surface area contributed by atoms with Crippen LogP contribution in [0, 0.1) is 24.7 Å². The molecule has 7 atom stereocenters. The molecule has 1 aromatic carbocycles. The summed E-state index contributed by atoms with van der Waals surface area (Å²) in [5, 5.41) is 58.0. The Morgan fingerprint density at radius 2 is 1.51 bits per heavy atom. The van der Waals surface area contributed by atoms with Crippen molar-refractivity contribution >= 4 is 52.7 Å². The van der Waals surface area contributed by atoms with Crippen LogP contribution in [-0.4, -0.2) is 96.6 Å². The first-order chi connectivity index (χ1) is 27.7. The normalized spacial score (nSPS) is 28.7. The first-order valence-electron chi connectivity index (χ1n) is 19.0. The summed E-state index contributed by atoms with van der Waals surface area (Å²) in [6, 6.07) is -0.315. The van der Waals surface area contributed by atoms with Crippen LogP contribution in [-0.2, 0) is 19.2 Å². The molecule has 0 saturated carbocycles. The molecule has 59 heavy (non-hydrogen) atoms. The highest BCUT2D eigenvalue weighted by molar-refractivity contribution is 8.04. The Bertz CT molecular complexity index is 2090. The highest BCUT2D eigenvalue weighted by Crippen LogP contribution is 2.40. The molecule has 2 heterocycles. The molecule has 0 spiro atoms. The summed E-state index contributed by atoms with van der Waals surface area (Å²) < 4.78 is 0. The van der Waals surface area contributed by atoms with Crippen LogP contribution in [0.1, 0.15) is 91.0 Å². The van der Waals surface area contributed by atoms with Crippen molar-refractivity contribution in [3.8, 4) is 5.75 Å². The summed E-state index contributed by atoms with van der Waals surface area (Å²) in [6.45, 7) is 10.6. The highest BCUT2D eigenvalue weighted by atomic mass is 32.2. The van der Waals surface area contributed by atoms with Crippen LogP contribution in [0.5, 0.6) is 5.75 Å². The Kier molecular flexibility index (Phi) is 17.5. The second kappa shape index (κ2) is 21.5. The van der Waals surface area contributed by atoms with Gasteiger partial charge >= 0.3 is 5.97 Å². The number of aromatic hydroxyl groups is 1. The van der Waals surface area contributed by atoms with Crippen LogP contribution in [0.3, 0.4) is 0 Å². The van der Waals surface area contributed by atoms with Gasteiger partial charge in [0.15, 0.2) is 11.6 Å². The number of ketones is 4. The summed E-state index contributed by atoms with van der Waals surface area (Å²) in [4.78, 5) is 92.0. The number of aliphatic hydroxyl groups is 3. The predicted octanol–water partition coefficient (Wildman–Crippen LogP) is 4.38. The van der Waals surface area contributed by atoms with Crippen LogP contribution in [0.4, 0.5) is 0 Å². The van der Waals surface area contributed by atoms with E-state index in [-0.39, 0.29) is 35.3 Å². The lowest BCUT2D eigenvalue weighted by Gasteiger charge is -2.25. The molecule has 15 heteroatoms. The van der Waals surface area contributed by atoms with Gasteiger partial charge in [0.25, 0.3) is 0 Å². The molecule has 2 amide bonds. The van der Waals surface area contributed by atoms with E-state index in [4.69, 9.17) is 0 Å². The highest BCUT2D eigenvalue weighted by Gasteiger charge is 2.39. The minimum absolute atomic E-state index is 0.00628. The molecule has 0 saturated heterocycles. The van der Waals surface area contributed by atoms with Crippen molar-refractivity contribution in [1.29, 1.82) is 0 Å². The minimum atomic E-state index is -1.52. The lowest BCUT2D eigenvalue weighted by Crippen LogP contribution is -2.42. The van der Waals surface area contributed by atoms with Gasteiger partial charge in [-0.3, -0.25) is 28.8 Å². The number of benzene rings is 1. The Labute approximate surface area is 347 Å². The van der Waals surface area contributed by atoms with Crippen molar-refractivity contribution in [2.45, 2.75) is 85.7 Å². The van der Waals surface area contributed by atoms with Gasteiger partial charge in [0.1, 0.15) is 17.5 Å². The number of allylic oxidation sites excluding steroid dienone is 8. The summed E-state index contributed by atoms with van der Waals surface area (Å²) >= 11 is 0.556. The number of phenolic OH excluding ortho intramolecular Hbond substituents is 1. The Morgan fingerprint density at radius 3 is 2.15 bits per heavy atom. The summed E-state index contributed by atoms with van der Waals surface area (Å²) in [7, 11) is 0. The number of aliphatic hydroxyl groups excluding tert-OH is 3. The van der Waals surface area contributed by atoms with Crippen molar-refractivity contribution in [3.63, 3.8) is 0 Å². The van der Waals surface area contributed by atoms with E-state index >= 15 is 0 Å². The zero-order valence-electron chi connectivity index (χ0n) is 34.0. The topological polar surface area (TPSA) is 245 Å². The van der Waals surface area contributed by atoms with Gasteiger partial charge in [-0.05, 0) is 50.0 Å². The smallest absolute Gasteiger partial charge is 0.327 e. The number of rotatable bonds is 5. The number of amides is 2. The molecule has 4 bridgehead atoms. The molecule has 0 aromatic heterocycles. The molecule has 7 N–H and O–H groups in total. The van der Waals surface area contributed by atoms with Gasteiger partial charge in [0.05, 0.1) is 28.8 Å². The number of aryl methyl sites for hydroxylation is 1. The summed E-state index contributed by atoms with van der Waals surface area (Å²) in [5.74, 6) is -8.71. The maximum Gasteiger partial charge on any atom is 0.327 e. The average Bonchev–Trinajstić information content (AvgIpc) is 3.17. The number of nitrogens with one attached hydrogen (secondary N) is 2. The van der Waals surface area contributed by atoms with Gasteiger partial charge in [0, 0.05) is 54.1 Å². The Morgan fingerprint density at radius 1 is 0.847 bits per heavy atom. The number of Topliss-reactive ketones (excluding diaryl/α,β-unsaturated/α-hetero) is 4. The molecule has 3 aliphatic rings. The van der Waals surface area contributed by atoms with Gasteiger partial charge in [-0.2, -0.15) is 0 Å². The fourth-order valence-electron chi connectivity index (χ4n) is 6.24. The number of fused-ring (bicyclic) bond motifs is 18. The van der Waals surface area contributed by atoms with Gasteiger partial charge in [-0.1, -0.05) is 75.5 Å². The van der Waals surface area contributed by atoms with Gasteiger partial charge < -0.3 is 36.2 Å². The van der Waals surface area contributed by atoms with E-state index < -0.39 is 110 Å². The number of thioether (sulfide) groups is 1. The minimum Gasteiger partial charge on any atom is -0.507 e. The van der Waals surface area contributed by atoms with Crippen LogP contribution >= 0.6 is 11.8 Å². The van der Waals surface area contributed by atoms with E-state index in [1.807, 2.05) is 0 Å². The second-order valence-corrected chi connectivity index (χ2v) is 15.8. The fraction of sp³-hybridized carbons (Fsp3) is 0.386. The zero-order chi connectivity index (χ0) is 44.3. The molecule has 1 aliphatic carbocycles. The van der Waals surface area contributed by atoms with Crippen molar-refractivity contribution in [3.05, 3.63) is 111 Å². The molecular formula is C44H52N2O12S.